The summed E-state index contributed by atoms with van der Waals surface area (Å²) in [7, 11) is 0. The zero-order chi connectivity index (χ0) is 15.5. The van der Waals surface area contributed by atoms with Gasteiger partial charge in [0.05, 0.1) is 4.92 Å². The number of benzene rings is 1. The van der Waals surface area contributed by atoms with Gasteiger partial charge in [0.1, 0.15) is 18.5 Å². The standard InChI is InChI=1S/C14H22N2O4S/c1-2-21-9-3-8-15-10-13(17)11-20-14-6-4-12(5-7-14)16(18)19/h4-7,13,15,17H,2-3,8-11H2,1H3/t13-/m0/s1. The SMILES string of the molecule is CCSCCCNC[C@H](O)COc1ccc([N+](=O)[O-])cc1. The third-order valence-corrected chi connectivity index (χ3v) is 3.70. The van der Waals surface area contributed by atoms with Gasteiger partial charge in [-0.05, 0) is 36.6 Å². The van der Waals surface area contributed by atoms with Crippen molar-refractivity contribution >= 4 is 17.4 Å². The van der Waals surface area contributed by atoms with Gasteiger partial charge in [0.15, 0.2) is 0 Å². The molecule has 1 atom stereocenters. The van der Waals surface area contributed by atoms with Crippen LogP contribution in [0.4, 0.5) is 5.69 Å². The second kappa shape index (κ2) is 10.4. The molecular formula is C14H22N2O4S. The lowest BCUT2D eigenvalue weighted by atomic mass is 10.3. The van der Waals surface area contributed by atoms with Gasteiger partial charge in [0, 0.05) is 18.7 Å². The van der Waals surface area contributed by atoms with E-state index in [-0.39, 0.29) is 12.3 Å². The number of hydrogen-bond donors (Lipinski definition) is 2. The maximum absolute atomic E-state index is 10.5. The number of nitro benzene ring substituents is 1. The van der Waals surface area contributed by atoms with Crippen LogP contribution in [0.2, 0.25) is 0 Å². The normalized spacial score (nSPS) is 12.1. The zero-order valence-corrected chi connectivity index (χ0v) is 13.0. The van der Waals surface area contributed by atoms with Crippen molar-refractivity contribution in [3.05, 3.63) is 34.4 Å². The van der Waals surface area contributed by atoms with E-state index in [4.69, 9.17) is 4.74 Å². The second-order valence-electron chi connectivity index (χ2n) is 4.47. The van der Waals surface area contributed by atoms with Crippen LogP contribution in [0.1, 0.15) is 13.3 Å². The largest absolute Gasteiger partial charge is 0.491 e. The molecule has 0 aromatic heterocycles. The number of thioether (sulfide) groups is 1. The van der Waals surface area contributed by atoms with Crippen LogP contribution >= 0.6 is 11.8 Å². The third kappa shape index (κ3) is 7.89. The molecule has 0 fully saturated rings. The van der Waals surface area contributed by atoms with Crippen molar-refractivity contribution in [3.63, 3.8) is 0 Å². The highest BCUT2D eigenvalue weighted by Crippen LogP contribution is 2.17. The minimum Gasteiger partial charge on any atom is -0.491 e. The molecule has 0 radical (unpaired) electrons. The number of nitro groups is 1. The summed E-state index contributed by atoms with van der Waals surface area (Å²) in [5, 5.41) is 23.4. The van der Waals surface area contributed by atoms with Crippen molar-refractivity contribution in [2.75, 3.05) is 31.2 Å². The number of nitrogens with zero attached hydrogens (tertiary/aromatic N) is 1. The average molecular weight is 314 g/mol. The van der Waals surface area contributed by atoms with Gasteiger partial charge in [-0.15, -0.1) is 0 Å². The van der Waals surface area contributed by atoms with Crippen LogP contribution in [0.5, 0.6) is 5.75 Å². The van der Waals surface area contributed by atoms with E-state index in [1.54, 1.807) is 0 Å². The molecule has 0 amide bonds. The summed E-state index contributed by atoms with van der Waals surface area (Å²) in [6.07, 6.45) is 0.480. The van der Waals surface area contributed by atoms with E-state index in [1.165, 1.54) is 24.3 Å². The molecule has 6 nitrogen and oxygen atoms in total. The van der Waals surface area contributed by atoms with E-state index in [2.05, 4.69) is 12.2 Å². The molecule has 1 aromatic carbocycles. The minimum absolute atomic E-state index is 0.0227. The van der Waals surface area contributed by atoms with E-state index >= 15 is 0 Å². The molecule has 0 bridgehead atoms. The van der Waals surface area contributed by atoms with Gasteiger partial charge in [-0.1, -0.05) is 6.92 Å². The predicted octanol–water partition coefficient (Wildman–Crippen LogP) is 2.07. The van der Waals surface area contributed by atoms with E-state index in [9.17, 15) is 15.2 Å². The Bertz CT molecular complexity index is 414. The van der Waals surface area contributed by atoms with Gasteiger partial charge in [0.2, 0.25) is 0 Å². The maximum Gasteiger partial charge on any atom is 0.269 e. The van der Waals surface area contributed by atoms with Crippen LogP contribution in [-0.2, 0) is 0 Å². The lowest BCUT2D eigenvalue weighted by molar-refractivity contribution is -0.384. The van der Waals surface area contributed by atoms with E-state index < -0.39 is 11.0 Å². The van der Waals surface area contributed by atoms with E-state index in [0.29, 0.717) is 12.3 Å². The van der Waals surface area contributed by atoms with Gasteiger partial charge in [-0.2, -0.15) is 11.8 Å². The fraction of sp³-hybridized carbons (Fsp3) is 0.571. The first-order chi connectivity index (χ1) is 10.1. The lowest BCUT2D eigenvalue weighted by Crippen LogP contribution is -2.32. The monoisotopic (exact) mass is 314 g/mol. The van der Waals surface area contributed by atoms with Gasteiger partial charge in [0.25, 0.3) is 5.69 Å². The van der Waals surface area contributed by atoms with E-state index in [1.807, 2.05) is 11.8 Å². The maximum atomic E-state index is 10.5. The quantitative estimate of drug-likeness (QED) is 0.369. The Hall–Kier alpha value is -1.31. The average Bonchev–Trinajstić information content (AvgIpc) is 2.49. The summed E-state index contributed by atoms with van der Waals surface area (Å²) in [6.45, 7) is 3.65. The van der Waals surface area contributed by atoms with Gasteiger partial charge in [-0.25, -0.2) is 0 Å². The summed E-state index contributed by atoms with van der Waals surface area (Å²) in [5.74, 6) is 2.77. The molecule has 21 heavy (non-hydrogen) atoms. The van der Waals surface area contributed by atoms with Crippen molar-refractivity contribution in [3.8, 4) is 5.75 Å². The van der Waals surface area contributed by atoms with Gasteiger partial charge in [-0.3, -0.25) is 10.1 Å². The second-order valence-corrected chi connectivity index (χ2v) is 5.86. The summed E-state index contributed by atoms with van der Waals surface area (Å²) in [4.78, 5) is 10.0. The number of ether oxygens (including phenoxy) is 1. The molecule has 118 valence electrons. The molecule has 0 aliphatic rings. The fourth-order valence-electron chi connectivity index (χ4n) is 1.63. The summed E-state index contributed by atoms with van der Waals surface area (Å²) in [6, 6.07) is 5.82. The molecule has 0 saturated carbocycles. The Morgan fingerprint density at radius 2 is 2.14 bits per heavy atom. The van der Waals surface area contributed by atoms with Gasteiger partial charge < -0.3 is 15.2 Å². The number of aliphatic hydroxyl groups is 1. The molecule has 2 N–H and O–H groups in total. The zero-order valence-electron chi connectivity index (χ0n) is 12.2. The molecule has 0 aliphatic carbocycles. The van der Waals surface area contributed by atoms with Gasteiger partial charge >= 0.3 is 0 Å². The summed E-state index contributed by atoms with van der Waals surface area (Å²) in [5.41, 5.74) is 0.0227. The van der Waals surface area contributed by atoms with Crippen LogP contribution < -0.4 is 10.1 Å². The third-order valence-electron chi connectivity index (χ3n) is 2.72. The topological polar surface area (TPSA) is 84.6 Å². The summed E-state index contributed by atoms with van der Waals surface area (Å²) < 4.78 is 5.38. The van der Waals surface area contributed by atoms with Crippen molar-refractivity contribution in [2.24, 2.45) is 0 Å². The Kier molecular flexibility index (Phi) is 8.80. The molecule has 0 saturated heterocycles. The number of aliphatic hydroxyl groups excluding tert-OH is 1. The Labute approximate surface area is 129 Å². The van der Waals surface area contributed by atoms with Crippen LogP contribution in [0, 0.1) is 10.1 Å². The molecule has 0 heterocycles. The molecule has 0 aliphatic heterocycles. The van der Waals surface area contributed by atoms with Crippen LogP contribution in [-0.4, -0.2) is 47.3 Å². The molecule has 0 spiro atoms. The smallest absolute Gasteiger partial charge is 0.269 e. The van der Waals surface area contributed by atoms with Crippen LogP contribution in [0.15, 0.2) is 24.3 Å². The van der Waals surface area contributed by atoms with Crippen LogP contribution in [0.3, 0.4) is 0 Å². The fourth-order valence-corrected chi connectivity index (χ4v) is 2.26. The first-order valence-electron chi connectivity index (χ1n) is 6.97. The van der Waals surface area contributed by atoms with Crippen molar-refractivity contribution in [1.29, 1.82) is 0 Å². The van der Waals surface area contributed by atoms with Crippen molar-refractivity contribution < 1.29 is 14.8 Å². The van der Waals surface area contributed by atoms with Crippen molar-refractivity contribution in [2.45, 2.75) is 19.4 Å². The van der Waals surface area contributed by atoms with E-state index in [0.717, 1.165) is 24.5 Å². The highest BCUT2D eigenvalue weighted by molar-refractivity contribution is 7.99. The highest BCUT2D eigenvalue weighted by Gasteiger charge is 2.07. The highest BCUT2D eigenvalue weighted by atomic mass is 32.2. The van der Waals surface area contributed by atoms with Crippen LogP contribution in [0.25, 0.3) is 0 Å². The number of non-ortho nitro benzene ring substituents is 1. The lowest BCUT2D eigenvalue weighted by Gasteiger charge is -2.13. The minimum atomic E-state index is -0.598. The first-order valence-corrected chi connectivity index (χ1v) is 8.12. The predicted molar refractivity (Wildman–Crippen MR) is 85.1 cm³/mol. The Morgan fingerprint density at radius 3 is 2.76 bits per heavy atom. The molecule has 1 aromatic rings. The number of rotatable bonds is 11. The Balaban J connectivity index is 2.14. The molecule has 1 rings (SSSR count). The Morgan fingerprint density at radius 1 is 1.43 bits per heavy atom. The molecule has 0 unspecified atom stereocenters. The molecule has 7 heteroatoms. The number of nitrogens with one attached hydrogen (secondary N) is 1. The number of hydrogen-bond acceptors (Lipinski definition) is 6. The van der Waals surface area contributed by atoms with Crippen molar-refractivity contribution in [1.82, 2.24) is 5.32 Å². The summed E-state index contributed by atoms with van der Waals surface area (Å²) >= 11 is 1.90. The first kappa shape index (κ1) is 17.7. The molecular weight excluding hydrogens is 292 g/mol.